The van der Waals surface area contributed by atoms with Crippen LogP contribution in [0.15, 0.2) is 29.2 Å². The van der Waals surface area contributed by atoms with Gasteiger partial charge in [0.25, 0.3) is 0 Å². The molecule has 0 fully saturated rings. The molecule has 0 spiro atoms. The van der Waals surface area contributed by atoms with Gasteiger partial charge in [-0.1, -0.05) is 17.2 Å². The zero-order valence-corrected chi connectivity index (χ0v) is 8.40. The lowest BCUT2D eigenvalue weighted by atomic mass is 10.3. The van der Waals surface area contributed by atoms with Gasteiger partial charge in [-0.15, -0.1) is 11.8 Å². The van der Waals surface area contributed by atoms with E-state index in [2.05, 4.69) is 15.5 Å². The van der Waals surface area contributed by atoms with Crippen molar-refractivity contribution in [3.05, 3.63) is 24.3 Å². The third kappa shape index (κ3) is 1.44. The van der Waals surface area contributed by atoms with Crippen molar-refractivity contribution in [1.82, 2.24) is 20.2 Å². The summed E-state index contributed by atoms with van der Waals surface area (Å²) in [5.41, 5.74) is 6.52. The van der Waals surface area contributed by atoms with Crippen LogP contribution in [0.4, 0.5) is 5.95 Å². The smallest absolute Gasteiger partial charge is 0.245 e. The molecule has 0 aliphatic rings. The highest BCUT2D eigenvalue weighted by Crippen LogP contribution is 2.23. The lowest BCUT2D eigenvalue weighted by Crippen LogP contribution is -2.03. The van der Waals surface area contributed by atoms with Crippen LogP contribution in [0.5, 0.6) is 0 Å². The van der Waals surface area contributed by atoms with Gasteiger partial charge in [0.2, 0.25) is 5.95 Å². The molecule has 0 atom stereocenters. The fraction of sp³-hybridized carbons (Fsp3) is 0.125. The second-order valence-electron chi connectivity index (χ2n) is 2.62. The molecule has 6 heteroatoms. The number of tetrazole rings is 1. The summed E-state index contributed by atoms with van der Waals surface area (Å²) in [4.78, 5) is 1.09. The Labute approximate surface area is 85.3 Å². The molecule has 0 bridgehead atoms. The molecule has 0 unspecified atom stereocenters. The largest absolute Gasteiger partial charge is 0.366 e. The van der Waals surface area contributed by atoms with E-state index in [1.165, 1.54) is 4.68 Å². The number of anilines is 1. The van der Waals surface area contributed by atoms with E-state index < -0.39 is 0 Å². The van der Waals surface area contributed by atoms with Crippen molar-refractivity contribution >= 4 is 17.7 Å². The molecule has 2 rings (SSSR count). The first kappa shape index (κ1) is 9.01. The zero-order chi connectivity index (χ0) is 9.97. The van der Waals surface area contributed by atoms with Crippen LogP contribution in [-0.4, -0.2) is 26.5 Å². The van der Waals surface area contributed by atoms with Gasteiger partial charge in [0.15, 0.2) is 0 Å². The molecule has 72 valence electrons. The number of para-hydroxylation sites is 1. The van der Waals surface area contributed by atoms with Crippen molar-refractivity contribution in [3.8, 4) is 5.69 Å². The average molecular weight is 207 g/mol. The minimum atomic E-state index is 0.298. The lowest BCUT2D eigenvalue weighted by Gasteiger charge is -2.05. The van der Waals surface area contributed by atoms with Crippen LogP contribution in [0.2, 0.25) is 0 Å². The number of nitrogens with zero attached hydrogens (tertiary/aromatic N) is 4. The van der Waals surface area contributed by atoms with Gasteiger partial charge in [-0.05, 0) is 28.8 Å². The number of rotatable bonds is 2. The molecule has 0 radical (unpaired) electrons. The third-order valence-corrected chi connectivity index (χ3v) is 2.59. The van der Waals surface area contributed by atoms with Crippen molar-refractivity contribution in [3.63, 3.8) is 0 Å². The summed E-state index contributed by atoms with van der Waals surface area (Å²) in [6.07, 6.45) is 2.00. The quantitative estimate of drug-likeness (QED) is 0.743. The van der Waals surface area contributed by atoms with Gasteiger partial charge < -0.3 is 5.73 Å². The fourth-order valence-corrected chi connectivity index (χ4v) is 1.75. The van der Waals surface area contributed by atoms with Crippen LogP contribution < -0.4 is 5.73 Å². The molecule has 0 saturated carbocycles. The van der Waals surface area contributed by atoms with Crippen LogP contribution in [0, 0.1) is 0 Å². The summed E-state index contributed by atoms with van der Waals surface area (Å²) >= 11 is 1.63. The number of aromatic nitrogens is 4. The van der Waals surface area contributed by atoms with E-state index in [0.29, 0.717) is 5.95 Å². The summed E-state index contributed by atoms with van der Waals surface area (Å²) < 4.78 is 1.52. The third-order valence-electron chi connectivity index (χ3n) is 1.81. The second kappa shape index (κ2) is 3.67. The van der Waals surface area contributed by atoms with Gasteiger partial charge in [-0.2, -0.15) is 4.68 Å². The summed E-state index contributed by atoms with van der Waals surface area (Å²) in [7, 11) is 0. The van der Waals surface area contributed by atoms with Gasteiger partial charge >= 0.3 is 0 Å². The van der Waals surface area contributed by atoms with Gasteiger partial charge in [0.1, 0.15) is 0 Å². The molecule has 0 aliphatic carbocycles. The maximum Gasteiger partial charge on any atom is 0.245 e. The Bertz CT molecular complexity index is 439. The molecule has 2 aromatic rings. The standard InChI is InChI=1S/C8H9N5S/c1-14-7-5-3-2-4-6(7)13-8(9)10-11-12-13/h2-5H,1H3,(H2,9,10,12). The molecule has 1 heterocycles. The number of hydrogen-bond acceptors (Lipinski definition) is 5. The average Bonchev–Trinajstić information content (AvgIpc) is 2.64. The highest BCUT2D eigenvalue weighted by Gasteiger charge is 2.07. The molecule has 0 amide bonds. The van der Waals surface area contributed by atoms with Crippen molar-refractivity contribution in [2.24, 2.45) is 0 Å². The van der Waals surface area contributed by atoms with Crippen LogP contribution in [-0.2, 0) is 0 Å². The molecule has 1 aromatic carbocycles. The number of hydrogen-bond donors (Lipinski definition) is 1. The molecular formula is C8H9N5S. The molecule has 14 heavy (non-hydrogen) atoms. The van der Waals surface area contributed by atoms with Crippen LogP contribution >= 0.6 is 11.8 Å². The summed E-state index contributed by atoms with van der Waals surface area (Å²) in [5, 5.41) is 11.0. The number of nitrogen functional groups attached to an aromatic ring is 1. The zero-order valence-electron chi connectivity index (χ0n) is 7.58. The van der Waals surface area contributed by atoms with Crippen LogP contribution in [0.1, 0.15) is 0 Å². The van der Waals surface area contributed by atoms with Gasteiger partial charge in [-0.3, -0.25) is 0 Å². The normalized spacial score (nSPS) is 10.4. The SMILES string of the molecule is CSc1ccccc1-n1nnnc1N. The Balaban J connectivity index is 2.56. The first-order chi connectivity index (χ1) is 6.83. The van der Waals surface area contributed by atoms with Crippen molar-refractivity contribution in [2.45, 2.75) is 4.90 Å². The Morgan fingerprint density at radius 3 is 2.79 bits per heavy atom. The Morgan fingerprint density at radius 1 is 1.36 bits per heavy atom. The minimum Gasteiger partial charge on any atom is -0.366 e. The van der Waals surface area contributed by atoms with E-state index in [-0.39, 0.29) is 0 Å². The molecule has 1 aromatic heterocycles. The predicted octanol–water partition coefficient (Wildman–Crippen LogP) is 0.966. The molecule has 0 saturated heterocycles. The Morgan fingerprint density at radius 2 is 2.14 bits per heavy atom. The minimum absolute atomic E-state index is 0.298. The van der Waals surface area contributed by atoms with E-state index in [4.69, 9.17) is 5.73 Å². The van der Waals surface area contributed by atoms with E-state index >= 15 is 0 Å². The van der Waals surface area contributed by atoms with E-state index in [1.807, 2.05) is 30.5 Å². The molecular weight excluding hydrogens is 198 g/mol. The number of thioether (sulfide) groups is 1. The Hall–Kier alpha value is -1.56. The van der Waals surface area contributed by atoms with E-state index in [0.717, 1.165) is 10.6 Å². The topological polar surface area (TPSA) is 69.6 Å². The number of nitrogens with two attached hydrogens (primary N) is 1. The monoisotopic (exact) mass is 207 g/mol. The highest BCUT2D eigenvalue weighted by molar-refractivity contribution is 7.98. The van der Waals surface area contributed by atoms with E-state index in [9.17, 15) is 0 Å². The fourth-order valence-electron chi connectivity index (χ4n) is 1.17. The second-order valence-corrected chi connectivity index (χ2v) is 3.47. The maximum absolute atomic E-state index is 5.61. The Kier molecular flexibility index (Phi) is 2.36. The number of benzene rings is 1. The van der Waals surface area contributed by atoms with Crippen LogP contribution in [0.3, 0.4) is 0 Å². The van der Waals surface area contributed by atoms with Gasteiger partial charge in [0.05, 0.1) is 5.69 Å². The van der Waals surface area contributed by atoms with Gasteiger partial charge in [0, 0.05) is 4.90 Å². The summed E-state index contributed by atoms with van der Waals surface area (Å²) in [5.74, 6) is 0.298. The van der Waals surface area contributed by atoms with Crippen molar-refractivity contribution in [2.75, 3.05) is 12.0 Å². The van der Waals surface area contributed by atoms with Gasteiger partial charge in [-0.25, -0.2) is 0 Å². The summed E-state index contributed by atoms with van der Waals surface area (Å²) in [6.45, 7) is 0. The maximum atomic E-state index is 5.61. The lowest BCUT2D eigenvalue weighted by molar-refractivity contribution is 0.782. The molecule has 0 aliphatic heterocycles. The van der Waals surface area contributed by atoms with E-state index in [1.54, 1.807) is 11.8 Å². The van der Waals surface area contributed by atoms with Crippen molar-refractivity contribution in [1.29, 1.82) is 0 Å². The first-order valence-electron chi connectivity index (χ1n) is 4.00. The van der Waals surface area contributed by atoms with Crippen LogP contribution in [0.25, 0.3) is 5.69 Å². The first-order valence-corrected chi connectivity index (χ1v) is 5.22. The summed E-state index contributed by atoms with van der Waals surface area (Å²) in [6, 6.07) is 7.83. The predicted molar refractivity (Wildman–Crippen MR) is 55.3 cm³/mol. The molecule has 5 nitrogen and oxygen atoms in total. The molecule has 2 N–H and O–H groups in total. The highest BCUT2D eigenvalue weighted by atomic mass is 32.2. The van der Waals surface area contributed by atoms with Crippen molar-refractivity contribution < 1.29 is 0 Å².